The van der Waals surface area contributed by atoms with E-state index in [-0.39, 0.29) is 24.4 Å². The van der Waals surface area contributed by atoms with Gasteiger partial charge in [-0.2, -0.15) is 4.98 Å². The Hall–Kier alpha value is -1.81. The number of hydrogen-bond acceptors (Lipinski definition) is 6. The van der Waals surface area contributed by atoms with Crippen LogP contribution in [0.3, 0.4) is 0 Å². The number of fused-ring (bicyclic) bond motifs is 1. The number of amides is 2. The van der Waals surface area contributed by atoms with Crippen molar-refractivity contribution in [2.75, 3.05) is 39.3 Å². The molecule has 0 radical (unpaired) electrons. The fourth-order valence-electron chi connectivity index (χ4n) is 7.14. The lowest BCUT2D eigenvalue weighted by Crippen LogP contribution is -2.65. The Labute approximate surface area is 212 Å². The molecule has 2 amide bonds. The molecule has 0 bridgehead atoms. The first-order valence-electron chi connectivity index (χ1n) is 14.0. The highest BCUT2D eigenvalue weighted by Crippen LogP contribution is 2.47. The number of urea groups is 1. The summed E-state index contributed by atoms with van der Waals surface area (Å²) in [6.07, 6.45) is 5.19. The number of carbonyl (C=O) groups is 1. The van der Waals surface area contributed by atoms with Gasteiger partial charge < -0.3 is 14.7 Å². The van der Waals surface area contributed by atoms with Gasteiger partial charge in [0.15, 0.2) is 5.82 Å². The molecule has 2 aliphatic heterocycles. The van der Waals surface area contributed by atoms with Crippen LogP contribution in [0, 0.1) is 11.8 Å². The first-order valence-corrected chi connectivity index (χ1v) is 14.0. The van der Waals surface area contributed by atoms with Crippen molar-refractivity contribution in [1.82, 2.24) is 30.2 Å². The van der Waals surface area contributed by atoms with Crippen LogP contribution in [-0.2, 0) is 0 Å². The molecule has 0 spiro atoms. The molecular weight excluding hydrogens is 466 g/mol. The number of hydrogen-bond donors (Lipinski definition) is 1. The van der Waals surface area contributed by atoms with Gasteiger partial charge in [0.25, 0.3) is 5.92 Å². The lowest BCUT2D eigenvalue weighted by atomic mass is 9.85. The summed E-state index contributed by atoms with van der Waals surface area (Å²) in [7, 11) is 0. The third kappa shape index (κ3) is 4.75. The van der Waals surface area contributed by atoms with Crippen molar-refractivity contribution in [3.63, 3.8) is 0 Å². The van der Waals surface area contributed by atoms with E-state index in [1.807, 2.05) is 0 Å². The fraction of sp³-hybridized carbons (Fsp3) is 0.885. The normalized spacial score (nSPS) is 35.4. The Balaban J connectivity index is 1.06. The van der Waals surface area contributed by atoms with E-state index in [1.165, 1.54) is 0 Å². The monoisotopic (exact) mass is 506 g/mol. The van der Waals surface area contributed by atoms with Gasteiger partial charge in [-0.25, -0.2) is 13.6 Å². The average Bonchev–Trinajstić information content (AvgIpc) is 3.24. The predicted molar refractivity (Wildman–Crippen MR) is 130 cm³/mol. The van der Waals surface area contributed by atoms with E-state index in [1.54, 1.807) is 4.90 Å². The molecule has 3 saturated carbocycles. The quantitative estimate of drug-likeness (QED) is 0.657. The number of halogens is 2. The van der Waals surface area contributed by atoms with Gasteiger partial charge in [0, 0.05) is 69.6 Å². The number of alkyl halides is 2. The largest absolute Gasteiger partial charge is 0.339 e. The summed E-state index contributed by atoms with van der Waals surface area (Å²) in [4.78, 5) is 24.2. The van der Waals surface area contributed by atoms with Crippen molar-refractivity contribution in [2.24, 2.45) is 11.8 Å². The van der Waals surface area contributed by atoms with E-state index >= 15 is 8.78 Å². The van der Waals surface area contributed by atoms with Crippen LogP contribution in [0.25, 0.3) is 0 Å². The van der Waals surface area contributed by atoms with Crippen LogP contribution < -0.4 is 5.32 Å². The van der Waals surface area contributed by atoms with E-state index in [2.05, 4.69) is 39.1 Å². The molecule has 0 aromatic carbocycles. The molecule has 2 saturated heterocycles. The Kier molecular flexibility index (Phi) is 6.47. The number of piperazine rings is 1. The second kappa shape index (κ2) is 9.49. The lowest BCUT2D eigenvalue weighted by Gasteiger charge is -2.47. The van der Waals surface area contributed by atoms with E-state index in [0.717, 1.165) is 63.6 Å². The lowest BCUT2D eigenvalue weighted by molar-refractivity contribution is -0.0971. The second-order valence-corrected chi connectivity index (χ2v) is 12.2. The van der Waals surface area contributed by atoms with Gasteiger partial charge in [-0.15, -0.1) is 0 Å². The maximum atomic E-state index is 15.2. The Morgan fingerprint density at radius 2 is 1.75 bits per heavy atom. The van der Waals surface area contributed by atoms with Crippen molar-refractivity contribution < 1.29 is 18.1 Å². The molecule has 5 atom stereocenters. The number of aromatic nitrogens is 2. The standard InChI is InChI=1S/C26H40F2N6O2/c1-16(2)32-8-10-33(11-9-32)21-4-3-7-26(27,28)22(21)29-25(35)34-14-19-12-18(13-20(19)15-34)23-30-24(36-31-23)17-5-6-17/h16-22H,3-15H2,1-2H3,(H,29,35)/t18?,19-,20+,21-,22+/m0/s1. The highest BCUT2D eigenvalue weighted by molar-refractivity contribution is 5.75. The number of rotatable bonds is 5. The summed E-state index contributed by atoms with van der Waals surface area (Å²) in [5, 5.41) is 7.06. The number of carbonyl (C=O) groups excluding carboxylic acids is 1. The van der Waals surface area contributed by atoms with Crippen molar-refractivity contribution in [3.8, 4) is 0 Å². The van der Waals surface area contributed by atoms with E-state index < -0.39 is 12.0 Å². The summed E-state index contributed by atoms with van der Waals surface area (Å²) in [6, 6.07) is -1.30. The number of likely N-dealkylation sites (tertiary alicyclic amines) is 1. The zero-order chi connectivity index (χ0) is 25.0. The molecule has 5 fully saturated rings. The van der Waals surface area contributed by atoms with Gasteiger partial charge in [-0.05, 0) is 64.2 Å². The van der Waals surface area contributed by atoms with Gasteiger partial charge in [0.2, 0.25) is 5.89 Å². The third-order valence-corrected chi connectivity index (χ3v) is 9.46. The molecule has 36 heavy (non-hydrogen) atoms. The maximum absolute atomic E-state index is 15.2. The number of nitrogens with one attached hydrogen (secondary N) is 1. The molecule has 3 aliphatic carbocycles. The summed E-state index contributed by atoms with van der Waals surface area (Å²) in [5.74, 6) is 0.170. The number of nitrogens with zero attached hydrogens (tertiary/aromatic N) is 5. The molecule has 10 heteroatoms. The molecule has 6 rings (SSSR count). The summed E-state index contributed by atoms with van der Waals surface area (Å²) < 4.78 is 35.8. The minimum absolute atomic E-state index is 0.152. The SMILES string of the molecule is CC(C)N1CCN([C@H]2CCCC(F)(F)[C@@H]2NC(=O)N2C[C@H]3CC(c4noc(C5CC5)n4)C[C@H]3C2)CC1. The molecule has 1 unspecified atom stereocenters. The molecule has 1 aromatic heterocycles. The highest BCUT2D eigenvalue weighted by Gasteiger charge is 2.51. The molecule has 200 valence electrons. The second-order valence-electron chi connectivity index (χ2n) is 12.2. The Morgan fingerprint density at radius 1 is 1.06 bits per heavy atom. The maximum Gasteiger partial charge on any atom is 0.317 e. The van der Waals surface area contributed by atoms with Crippen LogP contribution in [0.15, 0.2) is 4.52 Å². The van der Waals surface area contributed by atoms with E-state index in [4.69, 9.17) is 4.52 Å². The van der Waals surface area contributed by atoms with Gasteiger partial charge in [-0.3, -0.25) is 9.80 Å². The van der Waals surface area contributed by atoms with Crippen LogP contribution in [0.5, 0.6) is 0 Å². The van der Waals surface area contributed by atoms with E-state index in [0.29, 0.717) is 49.7 Å². The smallest absolute Gasteiger partial charge is 0.317 e. The molecule has 8 nitrogen and oxygen atoms in total. The minimum Gasteiger partial charge on any atom is -0.339 e. The van der Waals surface area contributed by atoms with Crippen LogP contribution in [-0.4, -0.2) is 94.2 Å². The van der Waals surface area contributed by atoms with Gasteiger partial charge in [-0.1, -0.05) is 5.16 Å². The van der Waals surface area contributed by atoms with Crippen LogP contribution in [0.2, 0.25) is 0 Å². The molecule has 5 aliphatic rings. The third-order valence-electron chi connectivity index (χ3n) is 9.46. The summed E-state index contributed by atoms with van der Waals surface area (Å²) >= 11 is 0. The predicted octanol–water partition coefficient (Wildman–Crippen LogP) is 3.66. The molecule has 3 heterocycles. The fourth-order valence-corrected chi connectivity index (χ4v) is 7.14. The van der Waals surface area contributed by atoms with Crippen molar-refractivity contribution in [2.45, 2.75) is 94.7 Å². The average molecular weight is 507 g/mol. The molecular formula is C26H40F2N6O2. The van der Waals surface area contributed by atoms with Crippen molar-refractivity contribution in [3.05, 3.63) is 11.7 Å². The van der Waals surface area contributed by atoms with Crippen LogP contribution in [0.1, 0.15) is 82.3 Å². The molecule has 1 N–H and O–H groups in total. The van der Waals surface area contributed by atoms with Gasteiger partial charge >= 0.3 is 6.03 Å². The van der Waals surface area contributed by atoms with Crippen LogP contribution in [0.4, 0.5) is 13.6 Å². The first-order chi connectivity index (χ1) is 17.3. The zero-order valence-electron chi connectivity index (χ0n) is 21.5. The van der Waals surface area contributed by atoms with Crippen molar-refractivity contribution >= 4 is 6.03 Å². The van der Waals surface area contributed by atoms with Gasteiger partial charge in [0.05, 0.1) is 0 Å². The van der Waals surface area contributed by atoms with Gasteiger partial charge in [0.1, 0.15) is 6.04 Å². The van der Waals surface area contributed by atoms with Crippen LogP contribution >= 0.6 is 0 Å². The first kappa shape index (κ1) is 24.5. The highest BCUT2D eigenvalue weighted by atomic mass is 19.3. The molecule has 1 aromatic rings. The Bertz CT molecular complexity index is 931. The zero-order valence-corrected chi connectivity index (χ0v) is 21.5. The Morgan fingerprint density at radius 3 is 2.39 bits per heavy atom. The summed E-state index contributed by atoms with van der Waals surface area (Å²) in [6.45, 7) is 8.92. The topological polar surface area (TPSA) is 77.7 Å². The van der Waals surface area contributed by atoms with Crippen molar-refractivity contribution in [1.29, 1.82) is 0 Å². The van der Waals surface area contributed by atoms with E-state index in [9.17, 15) is 4.79 Å². The minimum atomic E-state index is -2.88. The summed E-state index contributed by atoms with van der Waals surface area (Å²) in [5.41, 5.74) is 0.